The number of allylic oxidation sites excluding steroid dienone is 4. The minimum absolute atomic E-state index is 0.0694. The van der Waals surface area contributed by atoms with Crippen molar-refractivity contribution in [3.8, 4) is 0 Å². The Hall–Kier alpha value is -1.29. The summed E-state index contributed by atoms with van der Waals surface area (Å²) in [7, 11) is 0. The van der Waals surface area contributed by atoms with Crippen LogP contribution >= 0.6 is 0 Å². The van der Waals surface area contributed by atoms with E-state index in [0.717, 1.165) is 63.7 Å². The van der Waals surface area contributed by atoms with Crippen molar-refractivity contribution in [2.75, 3.05) is 6.61 Å². The third-order valence-electron chi connectivity index (χ3n) is 9.30. The van der Waals surface area contributed by atoms with Gasteiger partial charge in [-0.05, 0) is 91.6 Å². The zero-order valence-electron chi connectivity index (χ0n) is 18.4. The molecule has 0 heterocycles. The Morgan fingerprint density at radius 1 is 1.21 bits per heavy atom. The second-order valence-corrected chi connectivity index (χ2v) is 10.6. The molecule has 2 fully saturated rings. The van der Waals surface area contributed by atoms with E-state index in [0.29, 0.717) is 24.2 Å². The number of hydrogen-bond donors (Lipinski definition) is 2. The summed E-state index contributed by atoms with van der Waals surface area (Å²) < 4.78 is 5.96. The molecule has 0 radical (unpaired) electrons. The number of carboxylic acid groups (broad SMARTS) is 1. The molecule has 2 saturated carbocycles. The van der Waals surface area contributed by atoms with E-state index < -0.39 is 11.6 Å². The monoisotopic (exact) mass is 402 g/mol. The fraction of sp³-hybridized carbons (Fsp3) is 0.800. The molecule has 4 aliphatic rings. The number of carboxylic acids is 1. The lowest BCUT2D eigenvalue weighted by atomic mass is 9.47. The normalized spacial score (nSPS) is 43.5. The highest BCUT2D eigenvalue weighted by atomic mass is 16.5. The predicted molar refractivity (Wildman–Crippen MR) is 113 cm³/mol. The Morgan fingerprint density at radius 2 is 1.97 bits per heavy atom. The summed E-state index contributed by atoms with van der Waals surface area (Å²) in [5.74, 6) is 2.11. The SMILES string of the molecule is CCCOC1=CC2=CC[C@@H]3[C@H](CC[C@@]4(C)[C@H]3CC[C@@]4(O)CCC(=O)O)[C@@]2(C)CC1. The lowest BCUT2D eigenvalue weighted by molar-refractivity contribution is -0.145. The zero-order chi connectivity index (χ0) is 20.9. The number of hydrogen-bond acceptors (Lipinski definition) is 3. The number of aliphatic hydroxyl groups is 1. The molecule has 162 valence electrons. The van der Waals surface area contributed by atoms with Gasteiger partial charge in [-0.25, -0.2) is 0 Å². The molecular formula is C25H38O4. The first kappa shape index (κ1) is 21.0. The van der Waals surface area contributed by atoms with Gasteiger partial charge in [0.15, 0.2) is 0 Å². The molecule has 29 heavy (non-hydrogen) atoms. The molecular weight excluding hydrogens is 364 g/mol. The first-order valence-corrected chi connectivity index (χ1v) is 11.7. The van der Waals surface area contributed by atoms with Crippen molar-refractivity contribution in [1.29, 1.82) is 0 Å². The number of rotatable bonds is 6. The molecule has 2 N–H and O–H groups in total. The van der Waals surface area contributed by atoms with E-state index in [-0.39, 0.29) is 17.3 Å². The maximum Gasteiger partial charge on any atom is 0.303 e. The second-order valence-electron chi connectivity index (χ2n) is 10.6. The van der Waals surface area contributed by atoms with Crippen molar-refractivity contribution in [2.45, 2.75) is 90.6 Å². The molecule has 4 rings (SSSR count). The molecule has 4 nitrogen and oxygen atoms in total. The van der Waals surface area contributed by atoms with Gasteiger partial charge in [0.2, 0.25) is 0 Å². The van der Waals surface area contributed by atoms with E-state index >= 15 is 0 Å². The molecule has 0 spiro atoms. The Kier molecular flexibility index (Phi) is 5.38. The summed E-state index contributed by atoms with van der Waals surface area (Å²) in [6, 6.07) is 0. The van der Waals surface area contributed by atoms with E-state index in [1.54, 1.807) is 0 Å². The van der Waals surface area contributed by atoms with Gasteiger partial charge >= 0.3 is 5.97 Å². The fourth-order valence-electron chi connectivity index (χ4n) is 7.48. The standard InChI is InChI=1S/C25H38O4/c1-4-15-29-18-7-11-23(2)17(16-18)5-6-19-20(23)8-12-24(3)21(19)9-13-25(24,28)14-10-22(26)27/h5,16,19-21,28H,4,6-15H2,1-3H3,(H,26,27)/t19-,20+,21+,23+,24+,25-/m1/s1. The summed E-state index contributed by atoms with van der Waals surface area (Å²) in [4.78, 5) is 11.1. The van der Waals surface area contributed by atoms with Crippen LogP contribution in [0.3, 0.4) is 0 Å². The van der Waals surface area contributed by atoms with E-state index in [9.17, 15) is 9.90 Å². The van der Waals surface area contributed by atoms with Crippen molar-refractivity contribution in [3.05, 3.63) is 23.5 Å². The number of fused-ring (bicyclic) bond motifs is 5. The van der Waals surface area contributed by atoms with Gasteiger partial charge in [0.05, 0.1) is 18.0 Å². The highest BCUT2D eigenvalue weighted by Crippen LogP contribution is 2.67. The molecule has 0 aromatic carbocycles. The smallest absolute Gasteiger partial charge is 0.303 e. The third-order valence-corrected chi connectivity index (χ3v) is 9.30. The van der Waals surface area contributed by atoms with Crippen molar-refractivity contribution in [2.24, 2.45) is 28.6 Å². The first-order chi connectivity index (χ1) is 13.7. The number of carbonyl (C=O) groups is 1. The molecule has 0 unspecified atom stereocenters. The molecule has 0 saturated heterocycles. The van der Waals surface area contributed by atoms with Crippen LogP contribution < -0.4 is 0 Å². The summed E-state index contributed by atoms with van der Waals surface area (Å²) in [5.41, 5.74) is 0.717. The molecule has 4 aliphatic carbocycles. The number of ether oxygens (including phenoxy) is 1. The van der Waals surface area contributed by atoms with E-state index in [4.69, 9.17) is 9.84 Å². The minimum Gasteiger partial charge on any atom is -0.498 e. The van der Waals surface area contributed by atoms with Gasteiger partial charge in [0, 0.05) is 12.8 Å². The molecule has 0 aromatic heterocycles. The van der Waals surface area contributed by atoms with Crippen molar-refractivity contribution in [3.63, 3.8) is 0 Å². The van der Waals surface area contributed by atoms with Crippen molar-refractivity contribution < 1.29 is 19.7 Å². The molecule has 6 atom stereocenters. The van der Waals surface area contributed by atoms with Crippen LogP contribution in [0.2, 0.25) is 0 Å². The fourth-order valence-corrected chi connectivity index (χ4v) is 7.48. The van der Waals surface area contributed by atoms with Crippen molar-refractivity contribution >= 4 is 5.97 Å². The summed E-state index contributed by atoms with van der Waals surface area (Å²) in [5, 5.41) is 20.7. The van der Waals surface area contributed by atoms with Gasteiger partial charge in [-0.1, -0.05) is 26.8 Å². The van der Waals surface area contributed by atoms with Gasteiger partial charge in [-0.15, -0.1) is 0 Å². The molecule has 0 bridgehead atoms. The zero-order valence-corrected chi connectivity index (χ0v) is 18.4. The summed E-state index contributed by atoms with van der Waals surface area (Å²) >= 11 is 0. The molecule has 0 aliphatic heterocycles. The predicted octanol–water partition coefficient (Wildman–Crippen LogP) is 5.47. The van der Waals surface area contributed by atoms with Gasteiger partial charge in [-0.3, -0.25) is 4.79 Å². The van der Waals surface area contributed by atoms with Crippen LogP contribution in [0.4, 0.5) is 0 Å². The highest BCUT2D eigenvalue weighted by Gasteiger charge is 2.63. The van der Waals surface area contributed by atoms with Gasteiger partial charge in [-0.2, -0.15) is 0 Å². The van der Waals surface area contributed by atoms with Crippen LogP contribution in [0, 0.1) is 28.6 Å². The third kappa shape index (κ3) is 3.26. The van der Waals surface area contributed by atoms with Crippen LogP contribution in [0.1, 0.15) is 85.0 Å². The molecule has 0 amide bonds. The van der Waals surface area contributed by atoms with Crippen LogP contribution in [0.5, 0.6) is 0 Å². The summed E-state index contributed by atoms with van der Waals surface area (Å²) in [6.45, 7) is 7.66. The van der Waals surface area contributed by atoms with E-state index in [1.165, 1.54) is 5.57 Å². The van der Waals surface area contributed by atoms with E-state index in [2.05, 4.69) is 32.9 Å². The summed E-state index contributed by atoms with van der Waals surface area (Å²) in [6.07, 6.45) is 13.5. The lowest BCUT2D eigenvalue weighted by Gasteiger charge is -2.58. The van der Waals surface area contributed by atoms with Crippen LogP contribution in [0.15, 0.2) is 23.5 Å². The van der Waals surface area contributed by atoms with Gasteiger partial charge < -0.3 is 14.9 Å². The van der Waals surface area contributed by atoms with Crippen molar-refractivity contribution in [1.82, 2.24) is 0 Å². The molecule has 0 aromatic rings. The Labute approximate surface area is 175 Å². The van der Waals surface area contributed by atoms with Gasteiger partial charge in [0.1, 0.15) is 0 Å². The maximum absolute atomic E-state index is 11.5. The largest absolute Gasteiger partial charge is 0.498 e. The first-order valence-electron chi connectivity index (χ1n) is 11.7. The lowest BCUT2D eigenvalue weighted by Crippen LogP contribution is -2.54. The maximum atomic E-state index is 11.5. The van der Waals surface area contributed by atoms with Crippen LogP contribution in [-0.2, 0) is 9.53 Å². The second kappa shape index (κ2) is 7.44. The number of aliphatic carboxylic acids is 1. The minimum atomic E-state index is -0.820. The van der Waals surface area contributed by atoms with E-state index in [1.807, 2.05) is 0 Å². The molecule has 4 heteroatoms. The Morgan fingerprint density at radius 3 is 2.69 bits per heavy atom. The average molecular weight is 403 g/mol. The average Bonchev–Trinajstić information content (AvgIpc) is 2.96. The Balaban J connectivity index is 1.57. The van der Waals surface area contributed by atoms with Gasteiger partial charge in [0.25, 0.3) is 0 Å². The van der Waals surface area contributed by atoms with Crippen LogP contribution in [0.25, 0.3) is 0 Å². The quantitative estimate of drug-likeness (QED) is 0.618. The van der Waals surface area contributed by atoms with Crippen LogP contribution in [-0.4, -0.2) is 28.4 Å². The topological polar surface area (TPSA) is 66.8 Å². The Bertz CT molecular complexity index is 724. The highest BCUT2D eigenvalue weighted by molar-refractivity contribution is 5.66.